The predicted molar refractivity (Wildman–Crippen MR) is 175 cm³/mol. The highest BCUT2D eigenvalue weighted by Crippen LogP contribution is 2.36. The fourth-order valence-corrected chi connectivity index (χ4v) is 6.24. The number of aromatic nitrogens is 4. The van der Waals surface area contributed by atoms with Crippen molar-refractivity contribution in [1.29, 1.82) is 0 Å². The predicted octanol–water partition coefficient (Wildman–Crippen LogP) is 9.72. The fraction of sp³-hybridized carbons (Fsp3) is 0. The molecule has 0 saturated carbocycles. The summed E-state index contributed by atoms with van der Waals surface area (Å²) < 4.78 is 17.1. The van der Waals surface area contributed by atoms with E-state index < -0.39 is 0 Å². The number of oxazole rings is 1. The van der Waals surface area contributed by atoms with Crippen LogP contribution in [0.1, 0.15) is 0 Å². The van der Waals surface area contributed by atoms with Crippen molar-refractivity contribution in [2.45, 2.75) is 0 Å². The number of hydrogen-bond acceptors (Lipinski definition) is 4. The van der Waals surface area contributed by atoms with Gasteiger partial charge in [0.15, 0.2) is 0 Å². The molecule has 0 unspecified atom stereocenters. The lowest BCUT2D eigenvalue weighted by molar-refractivity contribution is 0.483. The molecule has 0 fully saturated rings. The summed E-state index contributed by atoms with van der Waals surface area (Å²) in [5.74, 6) is 3.47. The first-order valence-corrected chi connectivity index (χ1v) is 14.5. The first-order chi connectivity index (χ1) is 21.8. The Bertz CT molecular complexity index is 2430. The largest absolute Gasteiger partial charge is 0.457 e. The van der Waals surface area contributed by atoms with E-state index in [1.807, 2.05) is 66.9 Å². The average molecular weight is 569 g/mol. The SMILES string of the molecule is c1ccc(-n2c3ccccc3c3ccc(Oc4cccc(-c5ncc(-n6c7ccccc7c7ccccc76)o5)c4)cc32)nc1. The number of nitrogens with zero attached hydrogens (tertiary/aromatic N) is 4. The smallest absolute Gasteiger partial charge is 0.228 e. The van der Waals surface area contributed by atoms with Gasteiger partial charge in [0.05, 0.1) is 28.3 Å². The van der Waals surface area contributed by atoms with Gasteiger partial charge in [-0.15, -0.1) is 0 Å². The van der Waals surface area contributed by atoms with Crippen molar-refractivity contribution in [2.75, 3.05) is 0 Å². The zero-order chi connectivity index (χ0) is 29.0. The van der Waals surface area contributed by atoms with Gasteiger partial charge in [-0.2, -0.15) is 0 Å². The minimum Gasteiger partial charge on any atom is -0.457 e. The highest BCUT2D eigenvalue weighted by Gasteiger charge is 2.17. The standard InChI is InChI=1S/C38H24N4O2/c1-4-15-32-30(14-1)31-20-19-27(23-35(31)41(32)36-18-7-8-21-39-36)43-26-11-9-10-25(22-26)38-40-24-37(44-38)42-33-16-5-2-12-28(33)29-13-3-6-17-34(29)42/h1-24H. The normalized spacial score (nSPS) is 11.6. The molecule has 0 saturated heterocycles. The van der Waals surface area contributed by atoms with Crippen LogP contribution in [0.4, 0.5) is 0 Å². The van der Waals surface area contributed by atoms with Crippen molar-refractivity contribution in [3.8, 4) is 34.7 Å². The van der Waals surface area contributed by atoms with Crippen LogP contribution in [0.3, 0.4) is 0 Å². The van der Waals surface area contributed by atoms with Crippen LogP contribution in [-0.2, 0) is 0 Å². The van der Waals surface area contributed by atoms with E-state index >= 15 is 0 Å². The number of ether oxygens (including phenoxy) is 1. The van der Waals surface area contributed by atoms with Crippen molar-refractivity contribution in [3.05, 3.63) is 146 Å². The van der Waals surface area contributed by atoms with Gasteiger partial charge in [0, 0.05) is 39.4 Å². The van der Waals surface area contributed by atoms with Gasteiger partial charge in [-0.3, -0.25) is 9.13 Å². The first kappa shape index (κ1) is 24.5. The average Bonchev–Trinajstić information content (AvgIpc) is 3.78. The van der Waals surface area contributed by atoms with E-state index in [0.29, 0.717) is 17.5 Å². The summed E-state index contributed by atoms with van der Waals surface area (Å²) in [5, 5.41) is 4.67. The van der Waals surface area contributed by atoms with Crippen LogP contribution in [0.25, 0.3) is 66.8 Å². The van der Waals surface area contributed by atoms with Crippen molar-refractivity contribution >= 4 is 43.6 Å². The molecule has 0 aliphatic carbocycles. The van der Waals surface area contributed by atoms with Crippen molar-refractivity contribution in [1.82, 2.24) is 19.1 Å². The second-order valence-electron chi connectivity index (χ2n) is 10.7. The van der Waals surface area contributed by atoms with Crippen LogP contribution in [0, 0.1) is 0 Å². The molecule has 0 atom stereocenters. The lowest BCUT2D eigenvalue weighted by atomic mass is 10.1. The van der Waals surface area contributed by atoms with E-state index in [1.165, 1.54) is 16.2 Å². The minimum atomic E-state index is 0.526. The molecule has 0 bridgehead atoms. The molecular formula is C38H24N4O2. The fourth-order valence-electron chi connectivity index (χ4n) is 6.24. The topological polar surface area (TPSA) is 58.0 Å². The van der Waals surface area contributed by atoms with E-state index in [9.17, 15) is 0 Å². The van der Waals surface area contributed by atoms with Crippen molar-refractivity contribution in [3.63, 3.8) is 0 Å². The van der Waals surface area contributed by atoms with Crippen LogP contribution < -0.4 is 4.74 Å². The lowest BCUT2D eigenvalue weighted by Gasteiger charge is -2.09. The third-order valence-electron chi connectivity index (χ3n) is 8.13. The third-order valence-corrected chi connectivity index (χ3v) is 8.13. The summed E-state index contributed by atoms with van der Waals surface area (Å²) in [6, 6.07) is 45.1. The van der Waals surface area contributed by atoms with Crippen LogP contribution in [0.15, 0.2) is 150 Å². The Balaban J connectivity index is 1.09. The van der Waals surface area contributed by atoms with Crippen LogP contribution in [0.5, 0.6) is 11.5 Å². The molecule has 6 heteroatoms. The highest BCUT2D eigenvalue weighted by molar-refractivity contribution is 6.10. The summed E-state index contributed by atoms with van der Waals surface area (Å²) in [6.07, 6.45) is 3.60. The summed E-state index contributed by atoms with van der Waals surface area (Å²) in [6.45, 7) is 0. The molecule has 9 aromatic rings. The van der Waals surface area contributed by atoms with Gasteiger partial charge in [-0.1, -0.05) is 66.7 Å². The van der Waals surface area contributed by atoms with Gasteiger partial charge in [0.1, 0.15) is 17.3 Å². The summed E-state index contributed by atoms with van der Waals surface area (Å²) >= 11 is 0. The molecular weight excluding hydrogens is 544 g/mol. The van der Waals surface area contributed by atoms with Gasteiger partial charge >= 0.3 is 0 Å². The lowest BCUT2D eigenvalue weighted by Crippen LogP contribution is -1.96. The Morgan fingerprint density at radius 3 is 1.84 bits per heavy atom. The maximum absolute atomic E-state index is 6.42. The minimum absolute atomic E-state index is 0.526. The molecule has 0 aliphatic heterocycles. The molecule has 4 heterocycles. The second-order valence-corrected chi connectivity index (χ2v) is 10.7. The van der Waals surface area contributed by atoms with E-state index in [2.05, 4.69) is 91.9 Å². The van der Waals surface area contributed by atoms with Gasteiger partial charge < -0.3 is 9.15 Å². The highest BCUT2D eigenvalue weighted by atomic mass is 16.5. The molecule has 0 spiro atoms. The maximum Gasteiger partial charge on any atom is 0.228 e. The summed E-state index contributed by atoms with van der Waals surface area (Å²) in [4.78, 5) is 9.30. The first-order valence-electron chi connectivity index (χ1n) is 14.5. The van der Waals surface area contributed by atoms with Crippen LogP contribution in [-0.4, -0.2) is 19.1 Å². The van der Waals surface area contributed by atoms with E-state index in [0.717, 1.165) is 44.6 Å². The molecule has 208 valence electrons. The number of fused-ring (bicyclic) bond motifs is 6. The van der Waals surface area contributed by atoms with E-state index in [-0.39, 0.29) is 0 Å². The Morgan fingerprint density at radius 2 is 1.14 bits per heavy atom. The van der Waals surface area contributed by atoms with Crippen molar-refractivity contribution in [2.24, 2.45) is 0 Å². The number of pyridine rings is 1. The number of rotatable bonds is 5. The quantitative estimate of drug-likeness (QED) is 0.207. The van der Waals surface area contributed by atoms with E-state index in [4.69, 9.17) is 9.15 Å². The third kappa shape index (κ3) is 3.82. The number of hydrogen-bond donors (Lipinski definition) is 0. The maximum atomic E-state index is 6.42. The Hall–Kier alpha value is -6.14. The Labute approximate surface area is 252 Å². The van der Waals surface area contributed by atoms with Gasteiger partial charge in [0.2, 0.25) is 11.8 Å². The molecule has 5 aromatic carbocycles. The molecule has 44 heavy (non-hydrogen) atoms. The van der Waals surface area contributed by atoms with Crippen LogP contribution in [0.2, 0.25) is 0 Å². The van der Waals surface area contributed by atoms with Gasteiger partial charge in [0.25, 0.3) is 0 Å². The molecule has 0 aliphatic rings. The van der Waals surface area contributed by atoms with Crippen molar-refractivity contribution < 1.29 is 9.15 Å². The monoisotopic (exact) mass is 568 g/mol. The molecule has 9 rings (SSSR count). The molecule has 0 N–H and O–H groups in total. The zero-order valence-electron chi connectivity index (χ0n) is 23.5. The van der Waals surface area contributed by atoms with Gasteiger partial charge in [-0.25, -0.2) is 9.97 Å². The molecule has 0 amide bonds. The Kier molecular flexibility index (Phi) is 5.40. The van der Waals surface area contributed by atoms with E-state index in [1.54, 1.807) is 6.20 Å². The zero-order valence-corrected chi connectivity index (χ0v) is 23.5. The summed E-state index contributed by atoms with van der Waals surface area (Å²) in [5.41, 5.74) is 5.11. The number of benzene rings is 5. The molecule has 0 radical (unpaired) electrons. The number of para-hydroxylation sites is 3. The van der Waals surface area contributed by atoms with Gasteiger partial charge in [-0.05, 0) is 60.7 Å². The second kappa shape index (κ2) is 9.71. The molecule has 4 aromatic heterocycles. The summed E-state index contributed by atoms with van der Waals surface area (Å²) in [7, 11) is 0. The molecule has 6 nitrogen and oxygen atoms in total. The van der Waals surface area contributed by atoms with Crippen LogP contribution >= 0.6 is 0 Å². The Morgan fingerprint density at radius 1 is 0.500 bits per heavy atom.